The Morgan fingerprint density at radius 3 is 1.95 bits per heavy atom. The third-order valence-corrected chi connectivity index (χ3v) is 13.9. The fraction of sp³-hybridized carbons (Fsp3) is 0.387. The zero-order valence-corrected chi connectivity index (χ0v) is 26.2. The Morgan fingerprint density at radius 1 is 0.905 bits per heavy atom. The van der Waals surface area contributed by atoms with E-state index in [4.69, 9.17) is 22.3 Å². The van der Waals surface area contributed by atoms with Gasteiger partial charge < -0.3 is 18.8 Å². The number of fused-ring (bicyclic) bond motifs is 1. The van der Waals surface area contributed by atoms with Crippen LogP contribution in [0.15, 0.2) is 84.9 Å². The number of benzene rings is 3. The molecule has 2 heterocycles. The number of nitrogens with zero attached hydrogens (tertiary/aromatic N) is 1. The first-order valence-electron chi connectivity index (χ1n) is 13.9. The fourth-order valence-electron chi connectivity index (χ4n) is 5.99. The minimum atomic E-state index is -4.29. The topological polar surface area (TPSA) is 101 Å². The van der Waals surface area contributed by atoms with E-state index in [1.165, 1.54) is 6.92 Å². The molecule has 0 aromatic heterocycles. The van der Waals surface area contributed by atoms with Gasteiger partial charge in [-0.25, -0.2) is 8.37 Å². The summed E-state index contributed by atoms with van der Waals surface area (Å²) in [4.78, 5) is 14.6. The summed E-state index contributed by atoms with van der Waals surface area (Å²) >= 11 is 0. The maximum absolute atomic E-state index is 13.1. The standard InChI is InChI=1S/C31H37NO8SSi/c1-22(33)32-20-28-30(39-41(34,35)38-28)29(27(32)21-37-24-18-16-23(36-5)17-19-24)40-42(31(2,3)4,25-12-8-6-9-13-25)26-14-10-7-11-15-26/h6-19,27-30H,20-21H2,1-5H3/t27-,28-,29-,30-/m1/s1. The van der Waals surface area contributed by atoms with Crippen molar-refractivity contribution >= 4 is 35.0 Å². The summed E-state index contributed by atoms with van der Waals surface area (Å²) in [6.45, 7) is 7.92. The molecule has 3 aromatic rings. The van der Waals surface area contributed by atoms with E-state index in [1.807, 2.05) is 36.4 Å². The highest BCUT2D eigenvalue weighted by Gasteiger charge is 2.59. The zero-order valence-electron chi connectivity index (χ0n) is 24.4. The third kappa shape index (κ3) is 5.84. The number of hydrogen-bond donors (Lipinski definition) is 0. The van der Waals surface area contributed by atoms with Gasteiger partial charge in [-0.05, 0) is 39.7 Å². The molecule has 11 heteroatoms. The summed E-state index contributed by atoms with van der Waals surface area (Å²) in [5.74, 6) is 1.00. The quantitative estimate of drug-likeness (QED) is 0.358. The molecule has 1 amide bonds. The molecule has 0 radical (unpaired) electrons. The summed E-state index contributed by atoms with van der Waals surface area (Å²) in [5.41, 5.74) is 0. The van der Waals surface area contributed by atoms with Crippen LogP contribution in [0, 0.1) is 0 Å². The molecule has 0 unspecified atom stereocenters. The number of likely N-dealkylation sites (tertiary alicyclic amines) is 1. The van der Waals surface area contributed by atoms with Crippen molar-refractivity contribution in [2.24, 2.45) is 0 Å². The lowest BCUT2D eigenvalue weighted by molar-refractivity contribution is -0.146. The van der Waals surface area contributed by atoms with E-state index in [-0.39, 0.29) is 19.1 Å². The molecule has 2 aliphatic rings. The van der Waals surface area contributed by atoms with E-state index in [2.05, 4.69) is 45.0 Å². The van der Waals surface area contributed by atoms with Crippen LogP contribution in [0.5, 0.6) is 11.5 Å². The Hall–Kier alpha value is -3.22. The van der Waals surface area contributed by atoms with Crippen molar-refractivity contribution in [2.45, 2.75) is 57.1 Å². The molecule has 2 aliphatic heterocycles. The van der Waals surface area contributed by atoms with Crippen LogP contribution in [-0.4, -0.2) is 72.2 Å². The number of amides is 1. The van der Waals surface area contributed by atoms with E-state index in [0.717, 1.165) is 10.4 Å². The zero-order chi connectivity index (χ0) is 30.1. The van der Waals surface area contributed by atoms with Crippen LogP contribution in [-0.2, 0) is 28.0 Å². The fourth-order valence-corrected chi connectivity index (χ4v) is 11.7. The summed E-state index contributed by atoms with van der Waals surface area (Å²) in [7, 11) is -5.91. The Bertz CT molecular complexity index is 1440. The molecule has 4 atom stereocenters. The maximum atomic E-state index is 13.1. The van der Waals surface area contributed by atoms with Crippen LogP contribution in [0.1, 0.15) is 27.7 Å². The number of carbonyl (C=O) groups is 1. The number of methoxy groups -OCH3 is 1. The van der Waals surface area contributed by atoms with E-state index < -0.39 is 48.1 Å². The average molecular weight is 612 g/mol. The van der Waals surface area contributed by atoms with Crippen molar-refractivity contribution in [3.8, 4) is 11.5 Å². The molecular formula is C31H37NO8SSi. The lowest BCUT2D eigenvalue weighted by Gasteiger charge is -2.51. The highest BCUT2D eigenvalue weighted by atomic mass is 32.3. The van der Waals surface area contributed by atoms with Gasteiger partial charge in [0.05, 0.1) is 25.8 Å². The second kappa shape index (κ2) is 11.8. The molecule has 42 heavy (non-hydrogen) atoms. The van der Waals surface area contributed by atoms with Crippen LogP contribution in [0.25, 0.3) is 0 Å². The lowest BCUT2D eigenvalue weighted by atomic mass is 9.94. The Balaban J connectivity index is 1.64. The van der Waals surface area contributed by atoms with Gasteiger partial charge in [-0.3, -0.25) is 4.79 Å². The van der Waals surface area contributed by atoms with Gasteiger partial charge in [0.1, 0.15) is 30.3 Å². The van der Waals surface area contributed by atoms with Crippen LogP contribution < -0.4 is 19.8 Å². The minimum absolute atomic E-state index is 0.0243. The number of rotatable bonds is 8. The van der Waals surface area contributed by atoms with Gasteiger partial charge in [0.25, 0.3) is 8.32 Å². The summed E-state index contributed by atoms with van der Waals surface area (Å²) in [6, 6.07) is 26.5. The highest BCUT2D eigenvalue weighted by Crippen LogP contribution is 2.42. The van der Waals surface area contributed by atoms with Crippen LogP contribution in [0.3, 0.4) is 0 Å². The third-order valence-electron chi connectivity index (χ3n) is 7.93. The first kappa shape index (κ1) is 30.2. The summed E-state index contributed by atoms with van der Waals surface area (Å²) < 4.78 is 55.1. The number of hydrogen-bond acceptors (Lipinski definition) is 8. The SMILES string of the molecule is COc1ccc(OC[C@@H]2[C@@H](O[Si](c3ccccc3)(c3ccccc3)C(C)(C)C)[C@@H]3OS(=O)(=O)O[C@@H]3CN2C(C)=O)cc1. The second-order valence-corrected chi connectivity index (χ2v) is 17.0. The van der Waals surface area contributed by atoms with E-state index in [1.54, 1.807) is 36.3 Å². The molecule has 0 aliphatic carbocycles. The molecule has 2 saturated heterocycles. The molecule has 5 rings (SSSR count). The van der Waals surface area contributed by atoms with Gasteiger partial charge in [0, 0.05) is 6.92 Å². The van der Waals surface area contributed by atoms with Gasteiger partial charge in [0.15, 0.2) is 0 Å². The van der Waals surface area contributed by atoms with E-state index >= 15 is 0 Å². The molecule has 3 aromatic carbocycles. The molecule has 0 spiro atoms. The Morgan fingerprint density at radius 2 is 1.45 bits per heavy atom. The lowest BCUT2D eigenvalue weighted by Crippen LogP contribution is -2.73. The van der Waals surface area contributed by atoms with Gasteiger partial charge in [-0.2, -0.15) is 8.42 Å². The maximum Gasteiger partial charge on any atom is 0.400 e. The van der Waals surface area contributed by atoms with Crippen molar-refractivity contribution in [1.29, 1.82) is 0 Å². The predicted octanol–water partition coefficient (Wildman–Crippen LogP) is 3.28. The van der Waals surface area contributed by atoms with Crippen LogP contribution in [0.4, 0.5) is 0 Å². The number of ether oxygens (including phenoxy) is 2. The second-order valence-electron chi connectivity index (χ2n) is 11.6. The van der Waals surface area contributed by atoms with Crippen LogP contribution in [0.2, 0.25) is 5.04 Å². The van der Waals surface area contributed by atoms with Crippen LogP contribution >= 0.6 is 0 Å². The van der Waals surface area contributed by atoms with Gasteiger partial charge in [-0.15, -0.1) is 0 Å². The highest BCUT2D eigenvalue weighted by molar-refractivity contribution is 7.82. The molecule has 224 valence electrons. The molecule has 0 N–H and O–H groups in total. The normalized spacial score (nSPS) is 23.7. The van der Waals surface area contributed by atoms with E-state index in [9.17, 15) is 13.2 Å². The first-order chi connectivity index (χ1) is 19.9. The van der Waals surface area contributed by atoms with Crippen molar-refractivity contribution in [3.05, 3.63) is 84.9 Å². The monoisotopic (exact) mass is 611 g/mol. The smallest absolute Gasteiger partial charge is 0.400 e. The molecule has 9 nitrogen and oxygen atoms in total. The molecule has 0 saturated carbocycles. The largest absolute Gasteiger partial charge is 0.497 e. The average Bonchev–Trinajstić information content (AvgIpc) is 3.29. The van der Waals surface area contributed by atoms with Crippen molar-refractivity contribution < 1.29 is 35.5 Å². The summed E-state index contributed by atoms with van der Waals surface area (Å²) in [6.07, 6.45) is -2.79. The first-order valence-corrected chi connectivity index (χ1v) is 17.1. The molecule has 0 bridgehead atoms. The van der Waals surface area contributed by atoms with Crippen molar-refractivity contribution in [2.75, 3.05) is 20.3 Å². The van der Waals surface area contributed by atoms with E-state index in [0.29, 0.717) is 11.5 Å². The Kier molecular flexibility index (Phi) is 8.50. The molecule has 2 fully saturated rings. The van der Waals surface area contributed by atoms with Crippen molar-refractivity contribution in [1.82, 2.24) is 4.90 Å². The number of carbonyl (C=O) groups excluding carboxylic acids is 1. The summed E-state index contributed by atoms with van der Waals surface area (Å²) in [5, 5.41) is 1.61. The minimum Gasteiger partial charge on any atom is -0.497 e. The molecular weight excluding hydrogens is 574 g/mol. The van der Waals surface area contributed by atoms with Gasteiger partial charge in [-0.1, -0.05) is 81.4 Å². The van der Waals surface area contributed by atoms with Crippen molar-refractivity contribution in [3.63, 3.8) is 0 Å². The van der Waals surface area contributed by atoms with Gasteiger partial charge >= 0.3 is 10.4 Å². The predicted molar refractivity (Wildman–Crippen MR) is 161 cm³/mol. The van der Waals surface area contributed by atoms with Gasteiger partial charge in [0.2, 0.25) is 5.91 Å². The Labute approximate surface area is 248 Å². The number of piperidine rings is 1.